The van der Waals surface area contributed by atoms with Gasteiger partial charge in [-0.25, -0.2) is 4.79 Å². The highest BCUT2D eigenvalue weighted by atomic mass is 79.9. The van der Waals surface area contributed by atoms with E-state index in [-0.39, 0.29) is 18.0 Å². The molecule has 1 fully saturated rings. The van der Waals surface area contributed by atoms with E-state index in [1.807, 2.05) is 31.2 Å². The Hall–Kier alpha value is -1.56. The molecule has 2 rings (SSSR count). The number of carbonyl (C=O) groups excluding carboxylic acids is 2. The molecule has 0 radical (unpaired) electrons. The number of halogens is 1. The van der Waals surface area contributed by atoms with E-state index >= 15 is 0 Å². The molecule has 3 N–H and O–H groups in total. The van der Waals surface area contributed by atoms with Crippen LogP contribution in [0.25, 0.3) is 0 Å². The van der Waals surface area contributed by atoms with Crippen LogP contribution in [0, 0.1) is 0 Å². The van der Waals surface area contributed by atoms with Crippen LogP contribution in [0.15, 0.2) is 28.7 Å². The molecule has 0 aromatic heterocycles. The number of hydrogen-bond acceptors (Lipinski definition) is 2. The molecule has 0 heterocycles. The van der Waals surface area contributed by atoms with Gasteiger partial charge in [-0.15, -0.1) is 0 Å². The zero-order valence-corrected chi connectivity index (χ0v) is 16.4. The molecule has 1 unspecified atom stereocenters. The highest BCUT2D eigenvalue weighted by Crippen LogP contribution is 2.17. The van der Waals surface area contributed by atoms with E-state index in [9.17, 15) is 9.59 Å². The summed E-state index contributed by atoms with van der Waals surface area (Å²) < 4.78 is 1.02. The van der Waals surface area contributed by atoms with E-state index in [4.69, 9.17) is 0 Å². The second kappa shape index (κ2) is 10.4. The highest BCUT2D eigenvalue weighted by Gasteiger charge is 2.15. The van der Waals surface area contributed by atoms with Gasteiger partial charge in [-0.1, -0.05) is 47.3 Å². The molecular weight excluding hydrogens is 382 g/mol. The van der Waals surface area contributed by atoms with Crippen LogP contribution >= 0.6 is 15.9 Å². The first-order valence-electron chi connectivity index (χ1n) is 9.14. The van der Waals surface area contributed by atoms with E-state index in [0.717, 1.165) is 22.9 Å². The Morgan fingerprint density at radius 1 is 1.16 bits per heavy atom. The second-order valence-corrected chi connectivity index (χ2v) is 7.60. The number of benzene rings is 1. The average Bonchev–Trinajstić information content (AvgIpc) is 2.60. The summed E-state index contributed by atoms with van der Waals surface area (Å²) >= 11 is 3.40. The van der Waals surface area contributed by atoms with Crippen LogP contribution in [0.5, 0.6) is 0 Å². The van der Waals surface area contributed by atoms with Crippen LogP contribution in [-0.4, -0.2) is 24.5 Å². The maximum atomic E-state index is 12.0. The molecule has 1 aliphatic carbocycles. The van der Waals surface area contributed by atoms with E-state index < -0.39 is 0 Å². The number of rotatable bonds is 7. The lowest BCUT2D eigenvalue weighted by molar-refractivity contribution is -0.121. The summed E-state index contributed by atoms with van der Waals surface area (Å²) in [4.78, 5) is 23.8. The number of carbonyl (C=O) groups is 2. The Morgan fingerprint density at radius 3 is 2.52 bits per heavy atom. The molecule has 1 saturated carbocycles. The Bertz CT molecular complexity index is 556. The van der Waals surface area contributed by atoms with Crippen LogP contribution in [0.2, 0.25) is 0 Å². The Labute approximate surface area is 158 Å². The number of urea groups is 1. The van der Waals surface area contributed by atoms with Crippen molar-refractivity contribution in [1.29, 1.82) is 0 Å². The lowest BCUT2D eigenvalue weighted by atomic mass is 9.96. The first-order valence-corrected chi connectivity index (χ1v) is 9.93. The van der Waals surface area contributed by atoms with Crippen LogP contribution in [0.3, 0.4) is 0 Å². The summed E-state index contributed by atoms with van der Waals surface area (Å²) in [6, 6.07) is 8.08. The van der Waals surface area contributed by atoms with Gasteiger partial charge in [0.15, 0.2) is 0 Å². The minimum absolute atomic E-state index is 0.00454. The van der Waals surface area contributed by atoms with Crippen molar-refractivity contribution in [2.45, 2.75) is 64.0 Å². The molecule has 0 bridgehead atoms. The van der Waals surface area contributed by atoms with Crippen molar-refractivity contribution in [3.8, 4) is 0 Å². The maximum absolute atomic E-state index is 12.0. The Kier molecular flexibility index (Phi) is 8.25. The summed E-state index contributed by atoms with van der Waals surface area (Å²) in [6.45, 7) is 2.48. The smallest absolute Gasteiger partial charge is 0.315 e. The molecule has 5 nitrogen and oxygen atoms in total. The maximum Gasteiger partial charge on any atom is 0.315 e. The molecule has 1 aliphatic rings. The fourth-order valence-corrected chi connectivity index (χ4v) is 3.35. The predicted molar refractivity (Wildman–Crippen MR) is 103 cm³/mol. The topological polar surface area (TPSA) is 70.2 Å². The van der Waals surface area contributed by atoms with Gasteiger partial charge in [0, 0.05) is 23.5 Å². The summed E-state index contributed by atoms with van der Waals surface area (Å²) in [7, 11) is 0. The summed E-state index contributed by atoms with van der Waals surface area (Å²) in [5.41, 5.74) is 1.07. The molecule has 1 atom stereocenters. The second-order valence-electron chi connectivity index (χ2n) is 6.68. The van der Waals surface area contributed by atoms with Crippen molar-refractivity contribution in [3.05, 3.63) is 34.3 Å². The van der Waals surface area contributed by atoms with Crippen molar-refractivity contribution >= 4 is 27.9 Å². The number of hydrogen-bond donors (Lipinski definition) is 3. The van der Waals surface area contributed by atoms with E-state index in [0.29, 0.717) is 25.4 Å². The van der Waals surface area contributed by atoms with Gasteiger partial charge in [0.1, 0.15) is 0 Å². The molecule has 3 amide bonds. The fourth-order valence-electron chi connectivity index (χ4n) is 3.08. The van der Waals surface area contributed by atoms with Gasteiger partial charge >= 0.3 is 6.03 Å². The third-order valence-corrected chi connectivity index (χ3v) is 5.08. The zero-order valence-electron chi connectivity index (χ0n) is 14.8. The highest BCUT2D eigenvalue weighted by molar-refractivity contribution is 9.10. The van der Waals surface area contributed by atoms with Crippen molar-refractivity contribution in [2.24, 2.45) is 0 Å². The molecule has 0 saturated heterocycles. The monoisotopic (exact) mass is 409 g/mol. The van der Waals surface area contributed by atoms with Gasteiger partial charge in [0.2, 0.25) is 5.91 Å². The molecular formula is C19H28BrN3O2. The largest absolute Gasteiger partial charge is 0.350 e. The van der Waals surface area contributed by atoms with Gasteiger partial charge in [0.25, 0.3) is 0 Å². The van der Waals surface area contributed by atoms with Crippen molar-refractivity contribution in [3.63, 3.8) is 0 Å². The third kappa shape index (κ3) is 7.46. The zero-order chi connectivity index (χ0) is 18.1. The molecule has 0 aliphatic heterocycles. The molecule has 25 heavy (non-hydrogen) atoms. The van der Waals surface area contributed by atoms with Gasteiger partial charge in [0.05, 0.1) is 6.04 Å². The van der Waals surface area contributed by atoms with Gasteiger partial charge in [-0.3, -0.25) is 4.79 Å². The molecule has 1 aromatic carbocycles. The van der Waals surface area contributed by atoms with Gasteiger partial charge in [-0.05, 0) is 43.9 Å². The van der Waals surface area contributed by atoms with Crippen LogP contribution < -0.4 is 16.0 Å². The van der Waals surface area contributed by atoms with Crippen molar-refractivity contribution in [1.82, 2.24) is 16.0 Å². The first-order chi connectivity index (χ1) is 12.0. The minimum Gasteiger partial charge on any atom is -0.350 e. The third-order valence-electron chi connectivity index (χ3n) is 4.55. The molecule has 0 spiro atoms. The fraction of sp³-hybridized carbons (Fsp3) is 0.579. The number of amides is 3. The lowest BCUT2D eigenvalue weighted by Crippen LogP contribution is -2.43. The van der Waals surface area contributed by atoms with E-state index in [1.165, 1.54) is 19.3 Å². The lowest BCUT2D eigenvalue weighted by Gasteiger charge is -2.22. The van der Waals surface area contributed by atoms with Gasteiger partial charge in [-0.2, -0.15) is 0 Å². The molecule has 138 valence electrons. The summed E-state index contributed by atoms with van der Waals surface area (Å²) in [5, 5.41) is 8.84. The summed E-state index contributed by atoms with van der Waals surface area (Å²) in [5.74, 6) is 0.00454. The van der Waals surface area contributed by atoms with Gasteiger partial charge < -0.3 is 16.0 Å². The first kappa shape index (κ1) is 19.8. The van der Waals surface area contributed by atoms with Crippen molar-refractivity contribution in [2.75, 3.05) is 6.54 Å². The normalized spacial score (nSPS) is 16.1. The molecule has 1 aromatic rings. The predicted octanol–water partition coefficient (Wildman–Crippen LogP) is 4.04. The van der Waals surface area contributed by atoms with Crippen LogP contribution in [0.1, 0.15) is 63.5 Å². The average molecular weight is 410 g/mol. The Balaban J connectivity index is 1.58. The standard InChI is InChI=1S/C19H28BrN3O2/c1-14(15-9-11-16(20)12-10-15)22-18(24)8-5-13-21-19(25)23-17-6-3-2-4-7-17/h9-12,14,17H,2-8,13H2,1H3,(H,22,24)(H2,21,23,25). The molecule has 6 heteroatoms. The van der Waals surface area contributed by atoms with Crippen molar-refractivity contribution < 1.29 is 9.59 Å². The Morgan fingerprint density at radius 2 is 1.84 bits per heavy atom. The van der Waals surface area contributed by atoms with Crippen LogP contribution in [-0.2, 0) is 4.79 Å². The van der Waals surface area contributed by atoms with E-state index in [1.54, 1.807) is 0 Å². The minimum atomic E-state index is -0.115. The number of nitrogens with one attached hydrogen (secondary N) is 3. The quantitative estimate of drug-likeness (QED) is 0.594. The van der Waals surface area contributed by atoms with E-state index in [2.05, 4.69) is 31.9 Å². The summed E-state index contributed by atoms with van der Waals surface area (Å²) in [6.07, 6.45) is 6.85. The SMILES string of the molecule is CC(NC(=O)CCCNC(=O)NC1CCCCC1)c1ccc(Br)cc1. The van der Waals surface area contributed by atoms with Crippen LogP contribution in [0.4, 0.5) is 4.79 Å².